The first-order valence-corrected chi connectivity index (χ1v) is 9.68. The van der Waals surface area contributed by atoms with Gasteiger partial charge in [0.15, 0.2) is 0 Å². The van der Waals surface area contributed by atoms with Gasteiger partial charge in [0.1, 0.15) is 0 Å². The van der Waals surface area contributed by atoms with Crippen molar-refractivity contribution < 1.29 is 0 Å². The molecule has 0 nitrogen and oxygen atoms in total. The lowest BCUT2D eigenvalue weighted by Gasteiger charge is -2.30. The Morgan fingerprint density at radius 3 is 2.11 bits per heavy atom. The molecule has 2 aromatic rings. The highest BCUT2D eigenvalue weighted by molar-refractivity contribution is 5.53. The second-order valence-corrected chi connectivity index (χ2v) is 7.89. The van der Waals surface area contributed by atoms with E-state index in [4.69, 9.17) is 0 Å². The summed E-state index contributed by atoms with van der Waals surface area (Å²) in [5.74, 6) is 0.275. The van der Waals surface area contributed by atoms with Crippen molar-refractivity contribution in [2.24, 2.45) is 5.41 Å². The molecule has 2 aromatic carbocycles. The van der Waals surface area contributed by atoms with E-state index in [2.05, 4.69) is 125 Å². The minimum atomic E-state index is -0.0296. The van der Waals surface area contributed by atoms with Gasteiger partial charge in [0.05, 0.1) is 0 Å². The highest BCUT2D eigenvalue weighted by Gasteiger charge is 2.26. The van der Waals surface area contributed by atoms with E-state index in [1.807, 2.05) is 0 Å². The Morgan fingerprint density at radius 2 is 1.56 bits per heavy atom. The van der Waals surface area contributed by atoms with E-state index in [0.29, 0.717) is 0 Å². The van der Waals surface area contributed by atoms with E-state index in [9.17, 15) is 0 Å². The van der Waals surface area contributed by atoms with Crippen LogP contribution in [0.4, 0.5) is 0 Å². The molecule has 0 saturated heterocycles. The zero-order chi connectivity index (χ0) is 19.7. The molecule has 0 aromatic heterocycles. The molecule has 0 heteroatoms. The fraction of sp³-hybridized carbons (Fsp3) is 0.259. The van der Waals surface area contributed by atoms with Crippen LogP contribution < -0.4 is 0 Å². The Bertz CT molecular complexity index is 798. The van der Waals surface area contributed by atoms with E-state index in [0.717, 1.165) is 6.42 Å². The van der Waals surface area contributed by atoms with Crippen molar-refractivity contribution in [2.45, 2.75) is 40.0 Å². The molecule has 2 rings (SSSR count). The monoisotopic (exact) mass is 356 g/mol. The summed E-state index contributed by atoms with van der Waals surface area (Å²) in [5, 5.41) is 0. The summed E-state index contributed by atoms with van der Waals surface area (Å²) in [6.07, 6.45) is 12.2. The molecular formula is C27H32. The van der Waals surface area contributed by atoms with Crippen molar-refractivity contribution in [1.29, 1.82) is 0 Å². The average molecular weight is 357 g/mol. The first-order valence-electron chi connectivity index (χ1n) is 9.68. The summed E-state index contributed by atoms with van der Waals surface area (Å²) in [4.78, 5) is 0. The third-order valence-electron chi connectivity index (χ3n) is 4.90. The van der Waals surface area contributed by atoms with Gasteiger partial charge in [-0.1, -0.05) is 110 Å². The predicted octanol–water partition coefficient (Wildman–Crippen LogP) is 7.98. The summed E-state index contributed by atoms with van der Waals surface area (Å²) in [7, 11) is 0. The summed E-state index contributed by atoms with van der Waals surface area (Å²) in [6.45, 7) is 12.9. The summed E-state index contributed by atoms with van der Waals surface area (Å²) < 4.78 is 0. The molecular weight excluding hydrogens is 324 g/mol. The largest absolute Gasteiger partial charge is 0.103 e. The van der Waals surface area contributed by atoms with Crippen LogP contribution in [0.2, 0.25) is 0 Å². The molecule has 0 heterocycles. The number of hydrogen-bond donors (Lipinski definition) is 0. The Morgan fingerprint density at radius 1 is 0.963 bits per heavy atom. The van der Waals surface area contributed by atoms with Crippen LogP contribution in [0.5, 0.6) is 0 Å². The zero-order valence-corrected chi connectivity index (χ0v) is 17.2. The molecule has 0 N–H and O–H groups in total. The fourth-order valence-corrected chi connectivity index (χ4v) is 3.02. The van der Waals surface area contributed by atoms with Gasteiger partial charge in [-0.3, -0.25) is 0 Å². The quantitative estimate of drug-likeness (QED) is 0.332. The van der Waals surface area contributed by atoms with Crippen LogP contribution >= 0.6 is 0 Å². The van der Waals surface area contributed by atoms with Crippen molar-refractivity contribution in [3.63, 3.8) is 0 Å². The van der Waals surface area contributed by atoms with Crippen LogP contribution in [-0.4, -0.2) is 0 Å². The number of allylic oxidation sites excluding steroid dienone is 6. The second-order valence-electron chi connectivity index (χ2n) is 7.89. The first-order chi connectivity index (χ1) is 12.9. The molecule has 140 valence electrons. The third-order valence-corrected chi connectivity index (χ3v) is 4.90. The molecule has 0 spiro atoms. The molecule has 1 unspecified atom stereocenters. The van der Waals surface area contributed by atoms with Crippen molar-refractivity contribution in [2.75, 3.05) is 0 Å². The second kappa shape index (κ2) is 9.92. The molecule has 0 amide bonds. The maximum atomic E-state index is 4.09. The Hall–Kier alpha value is -2.60. The molecule has 0 radical (unpaired) electrons. The van der Waals surface area contributed by atoms with Crippen LogP contribution in [0.15, 0.2) is 103 Å². The van der Waals surface area contributed by atoms with Gasteiger partial charge in [-0.15, -0.1) is 6.58 Å². The van der Waals surface area contributed by atoms with Crippen molar-refractivity contribution in [1.82, 2.24) is 0 Å². The van der Waals surface area contributed by atoms with E-state index in [-0.39, 0.29) is 11.3 Å². The van der Waals surface area contributed by atoms with Crippen LogP contribution in [0.1, 0.15) is 51.2 Å². The van der Waals surface area contributed by atoms with E-state index < -0.39 is 0 Å². The van der Waals surface area contributed by atoms with E-state index in [1.165, 1.54) is 22.3 Å². The molecule has 0 fully saturated rings. The van der Waals surface area contributed by atoms with Gasteiger partial charge >= 0.3 is 0 Å². The molecule has 0 bridgehead atoms. The van der Waals surface area contributed by atoms with Crippen LogP contribution in [-0.2, 0) is 0 Å². The fourth-order valence-electron chi connectivity index (χ4n) is 3.02. The topological polar surface area (TPSA) is 0 Å². The maximum absolute atomic E-state index is 4.09. The van der Waals surface area contributed by atoms with Crippen LogP contribution in [0.25, 0.3) is 6.08 Å². The SMILES string of the molecule is C=CC(C)(C)C(/C=C(\C=C\c1ccccc1)CC=C(C)C)c1ccccc1. The lowest BCUT2D eigenvalue weighted by Crippen LogP contribution is -2.18. The predicted molar refractivity (Wildman–Crippen MR) is 121 cm³/mol. The molecule has 0 aliphatic carbocycles. The highest BCUT2D eigenvalue weighted by atomic mass is 14.3. The lowest BCUT2D eigenvalue weighted by atomic mass is 9.74. The van der Waals surface area contributed by atoms with Crippen LogP contribution in [0.3, 0.4) is 0 Å². The highest BCUT2D eigenvalue weighted by Crippen LogP contribution is 2.39. The summed E-state index contributed by atoms with van der Waals surface area (Å²) in [6, 6.07) is 21.2. The van der Waals surface area contributed by atoms with E-state index in [1.54, 1.807) is 0 Å². The minimum absolute atomic E-state index is 0.0296. The van der Waals surface area contributed by atoms with Gasteiger partial charge in [-0.2, -0.15) is 0 Å². The number of benzene rings is 2. The smallest absolute Gasteiger partial charge is 0.0109 e. The molecule has 27 heavy (non-hydrogen) atoms. The van der Waals surface area contributed by atoms with E-state index >= 15 is 0 Å². The van der Waals surface area contributed by atoms with Gasteiger partial charge in [0.2, 0.25) is 0 Å². The minimum Gasteiger partial charge on any atom is -0.103 e. The summed E-state index contributed by atoms with van der Waals surface area (Å²) in [5.41, 5.74) is 5.18. The molecule has 1 atom stereocenters. The third kappa shape index (κ3) is 6.57. The molecule has 0 aliphatic heterocycles. The Balaban J connectivity index is 2.45. The first kappa shape index (κ1) is 20.7. The molecule has 0 saturated carbocycles. The zero-order valence-electron chi connectivity index (χ0n) is 17.2. The van der Waals surface area contributed by atoms with Gasteiger partial charge in [-0.05, 0) is 42.4 Å². The Labute approximate surface area is 165 Å². The van der Waals surface area contributed by atoms with Crippen molar-refractivity contribution in [3.8, 4) is 0 Å². The van der Waals surface area contributed by atoms with Gasteiger partial charge in [-0.25, -0.2) is 0 Å². The van der Waals surface area contributed by atoms with Gasteiger partial charge in [0, 0.05) is 5.92 Å². The van der Waals surface area contributed by atoms with Crippen molar-refractivity contribution in [3.05, 3.63) is 114 Å². The lowest BCUT2D eigenvalue weighted by molar-refractivity contribution is 0.426. The maximum Gasteiger partial charge on any atom is 0.0109 e. The number of rotatable bonds is 8. The summed E-state index contributed by atoms with van der Waals surface area (Å²) >= 11 is 0. The molecule has 0 aliphatic rings. The number of hydrogen-bond acceptors (Lipinski definition) is 0. The average Bonchev–Trinajstić information content (AvgIpc) is 2.68. The standard InChI is InChI=1S/C27H32/c1-6-27(4,5)26(25-15-11-8-12-16-25)21-24(18-17-22(2)3)20-19-23-13-9-7-10-14-23/h6-17,19-21,26H,1,18H2,2-5H3/b20-19+,24-21-. The normalized spacial score (nSPS) is 13.4. The van der Waals surface area contributed by atoms with Gasteiger partial charge in [0.25, 0.3) is 0 Å². The van der Waals surface area contributed by atoms with Gasteiger partial charge < -0.3 is 0 Å². The van der Waals surface area contributed by atoms with Crippen LogP contribution in [0, 0.1) is 5.41 Å². The van der Waals surface area contributed by atoms with Crippen molar-refractivity contribution >= 4 is 6.08 Å². The Kier molecular flexibility index (Phi) is 7.61.